The molecule has 0 amide bonds. The van der Waals surface area contributed by atoms with Crippen molar-refractivity contribution in [2.24, 2.45) is 0 Å². The first kappa shape index (κ1) is 63.8. The van der Waals surface area contributed by atoms with Gasteiger partial charge in [0, 0.05) is 19.3 Å². The number of unbranched alkanes of at least 4 members (excludes halogenated alkanes) is 17. The van der Waals surface area contributed by atoms with E-state index in [4.69, 9.17) is 14.2 Å². The minimum absolute atomic E-state index is 0.0860. The van der Waals surface area contributed by atoms with Crippen molar-refractivity contribution in [2.45, 2.75) is 239 Å². The molecule has 0 heterocycles. The Morgan fingerprint density at radius 1 is 0.309 bits per heavy atom. The van der Waals surface area contributed by atoms with Gasteiger partial charge in [0.1, 0.15) is 13.2 Å². The molecule has 6 nitrogen and oxygen atoms in total. The Morgan fingerprint density at radius 3 is 0.897 bits per heavy atom. The van der Waals surface area contributed by atoms with Crippen molar-refractivity contribution in [1.29, 1.82) is 0 Å². The van der Waals surface area contributed by atoms with Crippen LogP contribution in [0.25, 0.3) is 0 Å². The zero-order valence-electron chi connectivity index (χ0n) is 43.8. The highest BCUT2D eigenvalue weighted by Crippen LogP contribution is 2.13. The maximum atomic E-state index is 12.6. The van der Waals surface area contributed by atoms with Crippen LogP contribution in [-0.2, 0) is 28.6 Å². The fourth-order valence-corrected chi connectivity index (χ4v) is 7.12. The van der Waals surface area contributed by atoms with Gasteiger partial charge in [-0.05, 0) is 96.3 Å². The van der Waals surface area contributed by atoms with E-state index in [1.807, 2.05) is 0 Å². The second-order valence-electron chi connectivity index (χ2n) is 17.8. The maximum Gasteiger partial charge on any atom is 0.306 e. The first-order valence-electron chi connectivity index (χ1n) is 27.5. The lowest BCUT2D eigenvalue weighted by molar-refractivity contribution is -0.167. The number of hydrogen-bond acceptors (Lipinski definition) is 6. The molecule has 0 spiro atoms. The standard InChI is InChI=1S/C62H100O6/c1-4-7-10-13-16-18-19-20-21-22-23-24-25-26-27-28-29-30-31-32-33-34-35-36-37-38-39-40-41-42-43-44-47-49-52-55-61(64)67-58-59(57-66-60(63)54-51-48-45-15-12-9-6-3)68-62(65)56-53-50-46-17-14-11-8-5-2/h7,10,16,18,20-21,23-24,26-27,29-30,32-33,35-36,38-39,41-42,59H,4-6,8-9,11-15,17,19,22,25,28,31,34,37,40,43-58H2,1-3H3/b10-7-,18-16-,21-20-,24-23-,27-26-,30-29-,33-32-,36-35-,39-38-,42-41-. The highest BCUT2D eigenvalue weighted by molar-refractivity contribution is 5.71. The summed E-state index contributed by atoms with van der Waals surface area (Å²) in [5.41, 5.74) is 0. The second kappa shape index (κ2) is 55.4. The van der Waals surface area contributed by atoms with Gasteiger partial charge in [-0.3, -0.25) is 14.4 Å². The molecule has 0 aromatic carbocycles. The van der Waals surface area contributed by atoms with Gasteiger partial charge in [0.05, 0.1) is 0 Å². The first-order chi connectivity index (χ1) is 33.5. The molecule has 1 unspecified atom stereocenters. The van der Waals surface area contributed by atoms with Crippen molar-refractivity contribution in [3.63, 3.8) is 0 Å². The second-order valence-corrected chi connectivity index (χ2v) is 17.8. The molecular formula is C62H100O6. The van der Waals surface area contributed by atoms with E-state index in [9.17, 15) is 14.4 Å². The van der Waals surface area contributed by atoms with E-state index >= 15 is 0 Å². The fourth-order valence-electron chi connectivity index (χ4n) is 7.12. The number of esters is 3. The van der Waals surface area contributed by atoms with Crippen molar-refractivity contribution in [3.05, 3.63) is 122 Å². The van der Waals surface area contributed by atoms with Crippen molar-refractivity contribution in [1.82, 2.24) is 0 Å². The minimum Gasteiger partial charge on any atom is -0.462 e. The van der Waals surface area contributed by atoms with Gasteiger partial charge in [-0.15, -0.1) is 0 Å². The third-order valence-electron chi connectivity index (χ3n) is 11.2. The molecule has 0 aliphatic heterocycles. The summed E-state index contributed by atoms with van der Waals surface area (Å²) >= 11 is 0. The predicted molar refractivity (Wildman–Crippen MR) is 293 cm³/mol. The first-order valence-corrected chi connectivity index (χ1v) is 27.5. The molecule has 0 aromatic rings. The molecule has 0 fully saturated rings. The monoisotopic (exact) mass is 941 g/mol. The van der Waals surface area contributed by atoms with Gasteiger partial charge in [-0.25, -0.2) is 0 Å². The molecule has 1 atom stereocenters. The molecule has 0 aliphatic rings. The van der Waals surface area contributed by atoms with E-state index in [0.29, 0.717) is 19.3 Å². The van der Waals surface area contributed by atoms with Gasteiger partial charge in [0.2, 0.25) is 0 Å². The highest BCUT2D eigenvalue weighted by atomic mass is 16.6. The van der Waals surface area contributed by atoms with Crippen LogP contribution in [0.5, 0.6) is 0 Å². The van der Waals surface area contributed by atoms with Crippen molar-refractivity contribution in [3.8, 4) is 0 Å². The summed E-state index contributed by atoms with van der Waals surface area (Å²) in [7, 11) is 0. The van der Waals surface area contributed by atoms with Crippen molar-refractivity contribution < 1.29 is 28.6 Å². The van der Waals surface area contributed by atoms with Gasteiger partial charge >= 0.3 is 17.9 Å². The SMILES string of the molecule is CC/C=C\C/C=C\C/C=C\C/C=C\C/C=C\C/C=C\C/C=C\C/C=C\C/C=C\C/C=C\CCCCCCC(=O)OCC(COC(=O)CCCCCCCCC)OC(=O)CCCCCCCCCC. The normalized spacial score (nSPS) is 13.0. The summed E-state index contributed by atoms with van der Waals surface area (Å²) in [6.45, 7) is 6.41. The lowest BCUT2D eigenvalue weighted by atomic mass is 10.1. The summed E-state index contributed by atoms with van der Waals surface area (Å²) in [6, 6.07) is 0. The van der Waals surface area contributed by atoms with Gasteiger partial charge in [-0.1, -0.05) is 239 Å². The van der Waals surface area contributed by atoms with E-state index < -0.39 is 6.10 Å². The van der Waals surface area contributed by atoms with Crippen molar-refractivity contribution >= 4 is 17.9 Å². The Hall–Kier alpha value is -4.19. The van der Waals surface area contributed by atoms with Crippen LogP contribution in [0.2, 0.25) is 0 Å². The topological polar surface area (TPSA) is 78.9 Å². The van der Waals surface area contributed by atoms with E-state index in [2.05, 4.69) is 142 Å². The summed E-state index contributed by atoms with van der Waals surface area (Å²) in [4.78, 5) is 37.6. The summed E-state index contributed by atoms with van der Waals surface area (Å²) in [6.07, 6.45) is 76.6. The average molecular weight is 941 g/mol. The lowest BCUT2D eigenvalue weighted by Crippen LogP contribution is -2.30. The Balaban J connectivity index is 4.10. The quantitative estimate of drug-likeness (QED) is 0.0262. The third kappa shape index (κ3) is 52.8. The molecule has 0 aliphatic carbocycles. The number of allylic oxidation sites excluding steroid dienone is 20. The molecule has 0 N–H and O–H groups in total. The van der Waals surface area contributed by atoms with E-state index in [1.165, 1.54) is 57.8 Å². The Kier molecular flexibility index (Phi) is 52.0. The fraction of sp³-hybridized carbons (Fsp3) is 0.629. The third-order valence-corrected chi connectivity index (χ3v) is 11.2. The van der Waals surface area contributed by atoms with Crippen LogP contribution in [0.3, 0.4) is 0 Å². The molecule has 6 heteroatoms. The van der Waals surface area contributed by atoms with E-state index in [-0.39, 0.29) is 31.1 Å². The summed E-state index contributed by atoms with van der Waals surface area (Å²) in [5.74, 6) is -0.930. The summed E-state index contributed by atoms with van der Waals surface area (Å²) in [5, 5.41) is 0. The molecular weight excluding hydrogens is 841 g/mol. The lowest BCUT2D eigenvalue weighted by Gasteiger charge is -2.18. The molecule has 384 valence electrons. The van der Waals surface area contributed by atoms with Crippen LogP contribution in [0.4, 0.5) is 0 Å². The van der Waals surface area contributed by atoms with Crippen LogP contribution >= 0.6 is 0 Å². The minimum atomic E-state index is -0.783. The number of carbonyl (C=O) groups is 3. The Bertz CT molecular complexity index is 1450. The molecule has 0 radical (unpaired) electrons. The van der Waals surface area contributed by atoms with Gasteiger partial charge in [0.15, 0.2) is 6.10 Å². The smallest absolute Gasteiger partial charge is 0.306 e. The molecule has 68 heavy (non-hydrogen) atoms. The number of carbonyl (C=O) groups excluding carboxylic acids is 3. The van der Waals surface area contributed by atoms with Crippen LogP contribution in [-0.4, -0.2) is 37.2 Å². The number of hydrogen-bond donors (Lipinski definition) is 0. The zero-order valence-corrected chi connectivity index (χ0v) is 43.8. The Morgan fingerprint density at radius 2 is 0.574 bits per heavy atom. The number of ether oxygens (including phenoxy) is 3. The van der Waals surface area contributed by atoms with Crippen molar-refractivity contribution in [2.75, 3.05) is 13.2 Å². The van der Waals surface area contributed by atoms with Gasteiger partial charge in [-0.2, -0.15) is 0 Å². The maximum absolute atomic E-state index is 12.6. The molecule has 0 aromatic heterocycles. The van der Waals surface area contributed by atoms with Gasteiger partial charge in [0.25, 0.3) is 0 Å². The van der Waals surface area contributed by atoms with Crippen LogP contribution < -0.4 is 0 Å². The highest BCUT2D eigenvalue weighted by Gasteiger charge is 2.19. The number of rotatable bonds is 48. The van der Waals surface area contributed by atoms with Crippen LogP contribution in [0.15, 0.2) is 122 Å². The molecule has 0 saturated carbocycles. The van der Waals surface area contributed by atoms with Crippen LogP contribution in [0.1, 0.15) is 233 Å². The van der Waals surface area contributed by atoms with Gasteiger partial charge < -0.3 is 14.2 Å². The van der Waals surface area contributed by atoms with E-state index in [1.54, 1.807) is 0 Å². The zero-order chi connectivity index (χ0) is 49.3. The molecule has 0 saturated heterocycles. The molecule has 0 rings (SSSR count). The molecule has 0 bridgehead atoms. The summed E-state index contributed by atoms with van der Waals surface area (Å²) < 4.78 is 16.6. The van der Waals surface area contributed by atoms with Crippen LogP contribution in [0, 0.1) is 0 Å². The predicted octanol–water partition coefficient (Wildman–Crippen LogP) is 18.5. The van der Waals surface area contributed by atoms with E-state index in [0.717, 1.165) is 135 Å². The average Bonchev–Trinajstić information content (AvgIpc) is 3.34. The Labute approximate surface area is 418 Å². The largest absolute Gasteiger partial charge is 0.462 e.